The maximum atomic E-state index is 5.52. The summed E-state index contributed by atoms with van der Waals surface area (Å²) in [5.41, 5.74) is 9.73. The van der Waals surface area contributed by atoms with Gasteiger partial charge in [-0.25, -0.2) is 14.6 Å². The van der Waals surface area contributed by atoms with Crippen LogP contribution >= 0.6 is 0 Å². The van der Waals surface area contributed by atoms with Crippen molar-refractivity contribution in [1.29, 1.82) is 0 Å². The van der Waals surface area contributed by atoms with Gasteiger partial charge in [0.15, 0.2) is 5.65 Å². The first-order chi connectivity index (χ1) is 10.2. The monoisotopic (exact) mass is 282 g/mol. The quantitative estimate of drug-likeness (QED) is 0.762. The third-order valence-electron chi connectivity index (χ3n) is 3.38. The van der Waals surface area contributed by atoms with Crippen LogP contribution in [0.15, 0.2) is 30.7 Å². The van der Waals surface area contributed by atoms with E-state index in [1.165, 1.54) is 5.56 Å². The van der Waals surface area contributed by atoms with Gasteiger partial charge in [0.1, 0.15) is 12.1 Å². The molecule has 0 radical (unpaired) electrons. The average molecular weight is 282 g/mol. The summed E-state index contributed by atoms with van der Waals surface area (Å²) in [7, 11) is 0. The highest BCUT2D eigenvalue weighted by molar-refractivity contribution is 5.87. The smallest absolute Gasteiger partial charge is 0.168 e. The van der Waals surface area contributed by atoms with Crippen LogP contribution in [0.25, 0.3) is 16.7 Å². The number of benzene rings is 1. The zero-order chi connectivity index (χ0) is 14.8. The predicted octanol–water partition coefficient (Wildman–Crippen LogP) is 1.80. The number of anilines is 1. The van der Waals surface area contributed by atoms with Gasteiger partial charge in [-0.3, -0.25) is 0 Å². The lowest BCUT2D eigenvalue weighted by atomic mass is 10.1. The molecule has 0 saturated heterocycles. The molecule has 0 amide bonds. The molecule has 0 spiro atoms. The van der Waals surface area contributed by atoms with Crippen molar-refractivity contribution < 1.29 is 0 Å². The Kier molecular flexibility index (Phi) is 3.53. The summed E-state index contributed by atoms with van der Waals surface area (Å²) in [6, 6.07) is 6.27. The van der Waals surface area contributed by atoms with Crippen LogP contribution in [-0.4, -0.2) is 32.8 Å². The summed E-state index contributed by atoms with van der Waals surface area (Å²) in [6.45, 7) is 5.37. The number of nitrogens with one attached hydrogen (secondary N) is 1. The van der Waals surface area contributed by atoms with E-state index in [-0.39, 0.29) is 0 Å². The fourth-order valence-electron chi connectivity index (χ4n) is 2.39. The topological polar surface area (TPSA) is 81.7 Å². The van der Waals surface area contributed by atoms with Crippen molar-refractivity contribution in [2.24, 2.45) is 5.73 Å². The molecule has 6 heteroatoms. The highest BCUT2D eigenvalue weighted by Crippen LogP contribution is 2.23. The fourth-order valence-corrected chi connectivity index (χ4v) is 2.39. The number of aromatic nitrogens is 4. The van der Waals surface area contributed by atoms with Crippen molar-refractivity contribution in [2.45, 2.75) is 13.8 Å². The third kappa shape index (κ3) is 2.45. The van der Waals surface area contributed by atoms with Gasteiger partial charge < -0.3 is 11.1 Å². The molecule has 3 N–H and O–H groups in total. The Morgan fingerprint density at radius 1 is 1.24 bits per heavy atom. The number of nitrogens with zero attached hydrogens (tertiary/aromatic N) is 4. The molecule has 3 rings (SSSR count). The second kappa shape index (κ2) is 5.49. The maximum absolute atomic E-state index is 5.52. The lowest BCUT2D eigenvalue weighted by Crippen LogP contribution is -2.14. The Labute approximate surface area is 123 Å². The van der Waals surface area contributed by atoms with Crippen LogP contribution < -0.4 is 11.1 Å². The second-order valence-electron chi connectivity index (χ2n) is 5.02. The lowest BCUT2D eigenvalue weighted by molar-refractivity contribution is 0.886. The Morgan fingerprint density at radius 2 is 2.10 bits per heavy atom. The van der Waals surface area contributed by atoms with E-state index in [2.05, 4.69) is 52.4 Å². The van der Waals surface area contributed by atoms with E-state index in [1.54, 1.807) is 12.5 Å². The van der Waals surface area contributed by atoms with Crippen molar-refractivity contribution in [3.63, 3.8) is 0 Å². The molecule has 21 heavy (non-hydrogen) atoms. The number of nitrogens with two attached hydrogens (primary N) is 1. The molecular formula is C15H18N6. The molecule has 2 heterocycles. The van der Waals surface area contributed by atoms with Crippen molar-refractivity contribution in [1.82, 2.24) is 19.7 Å². The maximum Gasteiger partial charge on any atom is 0.168 e. The molecule has 3 aromatic rings. The van der Waals surface area contributed by atoms with Gasteiger partial charge in [-0.05, 0) is 25.5 Å². The van der Waals surface area contributed by atoms with E-state index in [4.69, 9.17) is 5.73 Å². The van der Waals surface area contributed by atoms with Crippen molar-refractivity contribution in [2.75, 3.05) is 18.4 Å². The molecule has 1 aromatic carbocycles. The highest BCUT2D eigenvalue weighted by Gasteiger charge is 2.12. The molecule has 6 nitrogen and oxygen atoms in total. The lowest BCUT2D eigenvalue weighted by Gasteiger charge is -2.08. The predicted molar refractivity (Wildman–Crippen MR) is 83.7 cm³/mol. The van der Waals surface area contributed by atoms with E-state index in [1.807, 2.05) is 4.68 Å². The normalized spacial score (nSPS) is 11.0. The Hall–Kier alpha value is -2.47. The van der Waals surface area contributed by atoms with Crippen molar-refractivity contribution in [3.8, 4) is 5.69 Å². The number of rotatable bonds is 4. The van der Waals surface area contributed by atoms with Crippen LogP contribution in [0.5, 0.6) is 0 Å². The minimum absolute atomic E-state index is 0.552. The Bertz CT molecular complexity index is 777. The van der Waals surface area contributed by atoms with E-state index >= 15 is 0 Å². The summed E-state index contributed by atoms with van der Waals surface area (Å²) in [5.74, 6) is 0.765. The second-order valence-corrected chi connectivity index (χ2v) is 5.02. The van der Waals surface area contributed by atoms with Gasteiger partial charge in [-0.1, -0.05) is 17.7 Å². The molecule has 0 aliphatic carbocycles. The SMILES string of the molecule is Cc1ccc(-n2ncc3c(NCCN)ncnc32)c(C)c1. The Morgan fingerprint density at radius 3 is 2.86 bits per heavy atom. The molecule has 0 unspecified atom stereocenters. The van der Waals surface area contributed by atoms with Gasteiger partial charge in [0.05, 0.1) is 17.3 Å². The van der Waals surface area contributed by atoms with Crippen LogP contribution in [0.4, 0.5) is 5.82 Å². The number of aryl methyl sites for hydroxylation is 2. The molecule has 2 aromatic heterocycles. The summed E-state index contributed by atoms with van der Waals surface area (Å²) >= 11 is 0. The van der Waals surface area contributed by atoms with E-state index in [0.29, 0.717) is 13.1 Å². The molecule has 0 aliphatic rings. The molecular weight excluding hydrogens is 264 g/mol. The summed E-state index contributed by atoms with van der Waals surface area (Å²) in [4.78, 5) is 8.62. The summed E-state index contributed by atoms with van der Waals surface area (Å²) < 4.78 is 1.85. The molecule has 0 saturated carbocycles. The highest BCUT2D eigenvalue weighted by atomic mass is 15.3. The number of hydrogen-bond donors (Lipinski definition) is 2. The van der Waals surface area contributed by atoms with Crippen LogP contribution in [-0.2, 0) is 0 Å². The molecule has 0 aliphatic heterocycles. The van der Waals surface area contributed by atoms with Crippen LogP contribution in [0.3, 0.4) is 0 Å². The molecule has 0 bridgehead atoms. The minimum Gasteiger partial charge on any atom is -0.368 e. The largest absolute Gasteiger partial charge is 0.368 e. The number of hydrogen-bond acceptors (Lipinski definition) is 5. The van der Waals surface area contributed by atoms with Crippen LogP contribution in [0, 0.1) is 13.8 Å². The zero-order valence-corrected chi connectivity index (χ0v) is 12.2. The summed E-state index contributed by atoms with van der Waals surface area (Å²) in [5, 5.41) is 8.56. The standard InChI is InChI=1S/C15H18N6/c1-10-3-4-13(11(2)7-10)21-15-12(8-20-21)14(17-6-5-16)18-9-19-15/h3-4,7-9H,5-6,16H2,1-2H3,(H,17,18,19). The van der Waals surface area contributed by atoms with Gasteiger partial charge in [-0.2, -0.15) is 5.10 Å². The van der Waals surface area contributed by atoms with Gasteiger partial charge in [-0.15, -0.1) is 0 Å². The first-order valence-electron chi connectivity index (χ1n) is 6.91. The molecule has 0 fully saturated rings. The molecule has 0 atom stereocenters. The van der Waals surface area contributed by atoms with Gasteiger partial charge in [0, 0.05) is 13.1 Å². The summed E-state index contributed by atoms with van der Waals surface area (Å²) in [6.07, 6.45) is 3.33. The average Bonchev–Trinajstić information content (AvgIpc) is 2.89. The first kappa shape index (κ1) is 13.5. The van der Waals surface area contributed by atoms with Crippen molar-refractivity contribution in [3.05, 3.63) is 41.9 Å². The van der Waals surface area contributed by atoms with Gasteiger partial charge >= 0.3 is 0 Å². The van der Waals surface area contributed by atoms with Gasteiger partial charge in [0.2, 0.25) is 0 Å². The number of fused-ring (bicyclic) bond motifs is 1. The van der Waals surface area contributed by atoms with Crippen LogP contribution in [0.1, 0.15) is 11.1 Å². The first-order valence-corrected chi connectivity index (χ1v) is 6.91. The molecule has 108 valence electrons. The van der Waals surface area contributed by atoms with E-state index in [9.17, 15) is 0 Å². The van der Waals surface area contributed by atoms with Crippen molar-refractivity contribution >= 4 is 16.9 Å². The fraction of sp³-hybridized carbons (Fsp3) is 0.267. The van der Waals surface area contributed by atoms with Gasteiger partial charge in [0.25, 0.3) is 0 Å². The van der Waals surface area contributed by atoms with Crippen LogP contribution in [0.2, 0.25) is 0 Å². The minimum atomic E-state index is 0.552. The third-order valence-corrected chi connectivity index (χ3v) is 3.38. The Balaban J connectivity index is 2.12. The van der Waals surface area contributed by atoms with E-state index < -0.39 is 0 Å². The zero-order valence-electron chi connectivity index (χ0n) is 12.2. The van der Waals surface area contributed by atoms with E-state index in [0.717, 1.165) is 28.1 Å².